The van der Waals surface area contributed by atoms with Gasteiger partial charge in [0.2, 0.25) is 0 Å². The van der Waals surface area contributed by atoms with Crippen LogP contribution in [0.4, 0.5) is 26.3 Å². The van der Waals surface area contributed by atoms with Crippen molar-refractivity contribution in [2.45, 2.75) is 44.3 Å². The van der Waals surface area contributed by atoms with E-state index in [0.717, 1.165) is 0 Å². The molecular weight excluding hydrogens is 460 g/mol. The first kappa shape index (κ1) is 28.1. The molecule has 0 spiro atoms. The average molecular weight is 488 g/mol. The molecule has 0 rings (SSSR count). The van der Waals surface area contributed by atoms with E-state index in [2.05, 4.69) is 0 Å². The van der Waals surface area contributed by atoms with Gasteiger partial charge in [-0.05, 0) is 46.4 Å². The number of hydrogen-bond donors (Lipinski definition) is 1. The van der Waals surface area contributed by atoms with E-state index in [9.17, 15) is 36.2 Å². The number of nitrogens with zero attached hydrogens (tertiary/aromatic N) is 1. The number of carbonyl (C=O) groups is 1. The Bertz CT molecular complexity index is 515. The minimum atomic E-state index is -4.50. The number of aliphatic hydroxyl groups is 1. The molecule has 0 fully saturated rings. The molecule has 0 saturated heterocycles. The minimum absolute atomic E-state index is 0.00760. The second-order valence-electron chi connectivity index (χ2n) is 6.27. The lowest BCUT2D eigenvalue weighted by atomic mass is 10.1. The van der Waals surface area contributed by atoms with Gasteiger partial charge in [-0.15, -0.1) is 0 Å². The van der Waals surface area contributed by atoms with E-state index in [0.29, 0.717) is 13.0 Å². The van der Waals surface area contributed by atoms with E-state index in [4.69, 9.17) is 13.0 Å². The van der Waals surface area contributed by atoms with Crippen LogP contribution < -0.4 is 0 Å². The summed E-state index contributed by atoms with van der Waals surface area (Å²) in [4.78, 5) is 13.2. The Morgan fingerprint density at radius 2 is 1.59 bits per heavy atom. The highest BCUT2D eigenvalue weighted by atomic mass is 28.4. The van der Waals surface area contributed by atoms with Crippen LogP contribution in [0.3, 0.4) is 0 Å². The normalized spacial score (nSPS) is 15.5. The van der Waals surface area contributed by atoms with Crippen LogP contribution in [0.25, 0.3) is 0 Å². The van der Waals surface area contributed by atoms with Gasteiger partial charge in [0.1, 0.15) is 5.76 Å². The third-order valence-electron chi connectivity index (χ3n) is 3.58. The molecule has 0 unspecified atom stereocenters. The lowest BCUT2D eigenvalue weighted by Gasteiger charge is -2.22. The molecule has 0 aliphatic carbocycles. The van der Waals surface area contributed by atoms with Gasteiger partial charge in [0.25, 0.3) is 19.5 Å². The molecule has 172 valence electrons. The second-order valence-corrected chi connectivity index (χ2v) is 12.6. The van der Waals surface area contributed by atoms with Crippen molar-refractivity contribution >= 4 is 34.8 Å². The third-order valence-corrected chi connectivity index (χ3v) is 9.27. The van der Waals surface area contributed by atoms with Crippen LogP contribution in [-0.2, 0) is 17.8 Å². The Morgan fingerprint density at radius 1 is 1.07 bits per heavy atom. The zero-order valence-corrected chi connectivity index (χ0v) is 20.5. The van der Waals surface area contributed by atoms with Crippen molar-refractivity contribution < 1.29 is 49.2 Å². The largest absolute Gasteiger partial charge is 0.512 e. The van der Waals surface area contributed by atoms with Crippen LogP contribution >= 0.6 is 0 Å². The van der Waals surface area contributed by atoms with E-state index in [-0.39, 0.29) is 36.9 Å². The first-order chi connectivity index (χ1) is 13.2. The first-order valence-corrected chi connectivity index (χ1v) is 13.2. The van der Waals surface area contributed by atoms with Crippen molar-refractivity contribution in [2.24, 2.45) is 0 Å². The Kier molecular flexibility index (Phi) is 13.0. The topological polar surface area (TPSA) is 68.2 Å². The molecule has 0 saturated carbocycles. The Labute approximate surface area is 171 Å². The SMILES string of the molecule is CCOC(=O)C(C)=C(O)CCCN(C)CC[SiH](O[SiH2]C(F)(F)F)O[SiH2]C(F)(F)F. The summed E-state index contributed by atoms with van der Waals surface area (Å²) in [6.07, 6.45) is 0.617. The summed E-state index contributed by atoms with van der Waals surface area (Å²) in [6, 6.07) is -0.00760. The first-order valence-electron chi connectivity index (χ1n) is 8.86. The van der Waals surface area contributed by atoms with Crippen molar-refractivity contribution in [2.75, 3.05) is 26.7 Å². The van der Waals surface area contributed by atoms with Crippen molar-refractivity contribution in [1.29, 1.82) is 0 Å². The maximum atomic E-state index is 12.3. The van der Waals surface area contributed by atoms with Gasteiger partial charge in [-0.25, -0.2) is 4.79 Å². The third kappa shape index (κ3) is 15.6. The molecular formula is C14H27F6NO5Si3. The number of alkyl halides is 6. The highest BCUT2D eigenvalue weighted by Crippen LogP contribution is 2.17. The van der Waals surface area contributed by atoms with Gasteiger partial charge < -0.3 is 23.0 Å². The van der Waals surface area contributed by atoms with Crippen LogP contribution in [0.2, 0.25) is 6.04 Å². The van der Waals surface area contributed by atoms with Gasteiger partial charge in [0.15, 0.2) is 0 Å². The fourth-order valence-corrected chi connectivity index (χ4v) is 8.32. The predicted molar refractivity (Wildman–Crippen MR) is 102 cm³/mol. The van der Waals surface area contributed by atoms with Crippen LogP contribution in [0.5, 0.6) is 0 Å². The van der Waals surface area contributed by atoms with Gasteiger partial charge in [0.05, 0.1) is 12.2 Å². The molecule has 0 aromatic carbocycles. The zero-order valence-electron chi connectivity index (χ0n) is 16.5. The van der Waals surface area contributed by atoms with Gasteiger partial charge in [-0.1, -0.05) is 0 Å². The maximum Gasteiger partial charge on any atom is 0.381 e. The molecule has 0 aromatic rings. The van der Waals surface area contributed by atoms with Gasteiger partial charge in [-0.2, -0.15) is 26.3 Å². The van der Waals surface area contributed by atoms with Gasteiger partial charge in [0, 0.05) is 6.42 Å². The summed E-state index contributed by atoms with van der Waals surface area (Å²) in [5, 5.41) is 9.86. The van der Waals surface area contributed by atoms with Crippen LogP contribution in [-0.4, -0.2) is 83.1 Å². The summed E-state index contributed by atoms with van der Waals surface area (Å²) >= 11 is 0. The molecule has 0 atom stereocenters. The van der Waals surface area contributed by atoms with E-state index in [1.54, 1.807) is 18.9 Å². The number of ether oxygens (including phenoxy) is 1. The number of hydrogen-bond acceptors (Lipinski definition) is 6. The number of aliphatic hydroxyl groups excluding tert-OH is 1. The van der Waals surface area contributed by atoms with Gasteiger partial charge in [-0.3, -0.25) is 0 Å². The maximum absolute atomic E-state index is 12.3. The quantitative estimate of drug-likeness (QED) is 0.140. The molecule has 0 aromatic heterocycles. The molecule has 0 heterocycles. The highest BCUT2D eigenvalue weighted by Gasteiger charge is 2.34. The molecule has 29 heavy (non-hydrogen) atoms. The molecule has 0 aliphatic rings. The number of allylic oxidation sites excluding steroid dienone is 1. The molecule has 15 heteroatoms. The lowest BCUT2D eigenvalue weighted by molar-refractivity contribution is -0.138. The minimum Gasteiger partial charge on any atom is -0.512 e. The standard InChI is InChI=1S/C14H27F6NO5Si3/c1-4-24-12(23)10(2)11(22)6-5-7-21(3)8-9-29(25-27-13(15,16)17)26-28-14(18,19)20/h22,29H,4-9,27-28H2,1-3H3. The highest BCUT2D eigenvalue weighted by molar-refractivity contribution is 6.59. The van der Waals surface area contributed by atoms with E-state index in [1.165, 1.54) is 6.92 Å². The molecule has 6 nitrogen and oxygen atoms in total. The monoisotopic (exact) mass is 487 g/mol. The molecule has 0 amide bonds. The number of esters is 1. The van der Waals surface area contributed by atoms with E-state index < -0.39 is 46.4 Å². The Morgan fingerprint density at radius 3 is 2.03 bits per heavy atom. The predicted octanol–water partition coefficient (Wildman–Crippen LogP) is 1.55. The average Bonchev–Trinajstić information content (AvgIpc) is 2.58. The Balaban J connectivity index is 4.45. The van der Waals surface area contributed by atoms with Crippen molar-refractivity contribution in [3.63, 3.8) is 0 Å². The van der Waals surface area contributed by atoms with Crippen molar-refractivity contribution in [3.05, 3.63) is 11.3 Å². The van der Waals surface area contributed by atoms with Crippen LogP contribution in [0.1, 0.15) is 26.7 Å². The van der Waals surface area contributed by atoms with E-state index in [1.807, 2.05) is 0 Å². The molecule has 1 N–H and O–H groups in total. The summed E-state index contributed by atoms with van der Waals surface area (Å²) in [7, 11) is -7.34. The Hall–Kier alpha value is -0.879. The number of rotatable bonds is 13. The summed E-state index contributed by atoms with van der Waals surface area (Å²) in [5.41, 5.74) is 0.0954. The zero-order chi connectivity index (χ0) is 22.7. The second kappa shape index (κ2) is 13.4. The summed E-state index contributed by atoms with van der Waals surface area (Å²) in [6.45, 7) is 3.85. The number of halogens is 6. The molecule has 0 radical (unpaired) electrons. The summed E-state index contributed by atoms with van der Waals surface area (Å²) in [5.74, 6) is -9.74. The van der Waals surface area contributed by atoms with Gasteiger partial charge >= 0.3 is 26.9 Å². The fraction of sp³-hybridized carbons (Fsp3) is 0.786. The molecule has 0 bridgehead atoms. The fourth-order valence-electron chi connectivity index (χ4n) is 2.09. The summed E-state index contributed by atoms with van der Waals surface area (Å²) < 4.78 is 88.1. The van der Waals surface area contributed by atoms with Crippen molar-refractivity contribution in [3.8, 4) is 0 Å². The smallest absolute Gasteiger partial charge is 0.381 e. The van der Waals surface area contributed by atoms with Crippen LogP contribution in [0, 0.1) is 0 Å². The lowest BCUT2D eigenvalue weighted by Crippen LogP contribution is -2.38. The van der Waals surface area contributed by atoms with E-state index >= 15 is 0 Å². The van der Waals surface area contributed by atoms with Crippen LogP contribution in [0.15, 0.2) is 11.3 Å². The van der Waals surface area contributed by atoms with Crippen molar-refractivity contribution in [1.82, 2.24) is 4.90 Å². The number of carbonyl (C=O) groups excluding carboxylic acids is 1. The molecule has 0 aliphatic heterocycles.